The SMILES string of the molecule is O=C(C=Cc1ccc(Cl)c(Cl)c1)N1CCC(=O)N(CCCN2CCC3(CC2)NCNC3=O)CC1. The van der Waals surface area contributed by atoms with Gasteiger partial charge in [-0.1, -0.05) is 29.3 Å². The van der Waals surface area contributed by atoms with Gasteiger partial charge < -0.3 is 20.0 Å². The minimum atomic E-state index is -0.387. The second kappa shape index (κ2) is 11.1. The van der Waals surface area contributed by atoms with Crippen LogP contribution in [0.15, 0.2) is 24.3 Å². The summed E-state index contributed by atoms with van der Waals surface area (Å²) in [4.78, 5) is 43.3. The molecule has 8 nitrogen and oxygen atoms in total. The van der Waals surface area contributed by atoms with Gasteiger partial charge in [0.05, 0.1) is 16.7 Å². The molecule has 1 aromatic carbocycles. The average molecular weight is 508 g/mol. The molecule has 34 heavy (non-hydrogen) atoms. The fourth-order valence-corrected chi connectivity index (χ4v) is 5.11. The number of benzene rings is 1. The molecule has 10 heteroatoms. The van der Waals surface area contributed by atoms with Crippen LogP contribution in [0.25, 0.3) is 6.08 Å². The van der Waals surface area contributed by atoms with Crippen molar-refractivity contribution in [3.63, 3.8) is 0 Å². The van der Waals surface area contributed by atoms with E-state index in [-0.39, 0.29) is 23.3 Å². The van der Waals surface area contributed by atoms with Crippen LogP contribution in [0, 0.1) is 0 Å². The van der Waals surface area contributed by atoms with E-state index in [4.69, 9.17) is 23.2 Å². The number of rotatable bonds is 6. The van der Waals surface area contributed by atoms with Crippen LogP contribution in [0.5, 0.6) is 0 Å². The van der Waals surface area contributed by atoms with Gasteiger partial charge >= 0.3 is 0 Å². The standard InChI is InChI=1S/C24H31Cl2N5O3/c25-19-4-2-18(16-20(19)26)3-5-21(32)31-11-6-22(33)30(14-15-31)10-1-9-29-12-7-24(8-13-29)23(34)27-17-28-24/h2-5,16,28H,1,6-15,17H2,(H,27,34). The molecule has 3 heterocycles. The van der Waals surface area contributed by atoms with E-state index >= 15 is 0 Å². The van der Waals surface area contributed by atoms with Crippen molar-refractivity contribution in [1.29, 1.82) is 0 Å². The number of likely N-dealkylation sites (tertiary alicyclic amines) is 1. The normalized spacial score (nSPS) is 21.4. The van der Waals surface area contributed by atoms with Gasteiger partial charge in [-0.25, -0.2) is 0 Å². The monoisotopic (exact) mass is 507 g/mol. The quantitative estimate of drug-likeness (QED) is 0.575. The summed E-state index contributed by atoms with van der Waals surface area (Å²) in [6, 6.07) is 5.20. The minimum Gasteiger partial charge on any atom is -0.342 e. The Kier molecular flexibility index (Phi) is 8.14. The number of halogens is 2. The van der Waals surface area contributed by atoms with Crippen molar-refractivity contribution < 1.29 is 14.4 Å². The number of nitrogens with zero attached hydrogens (tertiary/aromatic N) is 3. The van der Waals surface area contributed by atoms with Crippen molar-refractivity contribution in [1.82, 2.24) is 25.3 Å². The predicted octanol–water partition coefficient (Wildman–Crippen LogP) is 1.97. The third-order valence-corrected chi connectivity index (χ3v) is 7.72. The summed E-state index contributed by atoms with van der Waals surface area (Å²) in [6.07, 6.45) is 6.07. The first-order valence-electron chi connectivity index (χ1n) is 11.8. The average Bonchev–Trinajstić information content (AvgIpc) is 3.07. The van der Waals surface area contributed by atoms with E-state index in [0.29, 0.717) is 49.3 Å². The summed E-state index contributed by atoms with van der Waals surface area (Å²) in [5.41, 5.74) is 0.407. The van der Waals surface area contributed by atoms with E-state index in [1.165, 1.54) is 6.08 Å². The van der Waals surface area contributed by atoms with Crippen LogP contribution in [0.2, 0.25) is 10.0 Å². The molecule has 1 aromatic rings. The lowest BCUT2D eigenvalue weighted by atomic mass is 9.88. The first-order chi connectivity index (χ1) is 16.4. The van der Waals surface area contributed by atoms with E-state index in [1.807, 2.05) is 4.90 Å². The highest BCUT2D eigenvalue weighted by Gasteiger charge is 2.44. The second-order valence-electron chi connectivity index (χ2n) is 9.10. The zero-order valence-corrected chi connectivity index (χ0v) is 20.7. The maximum atomic E-state index is 12.6. The molecule has 3 fully saturated rings. The van der Waals surface area contributed by atoms with Gasteiger partial charge in [-0.05, 0) is 49.6 Å². The van der Waals surface area contributed by atoms with Crippen molar-refractivity contribution in [3.05, 3.63) is 39.9 Å². The Bertz CT molecular complexity index is 962. The molecule has 0 aliphatic carbocycles. The van der Waals surface area contributed by atoms with Crippen LogP contribution >= 0.6 is 23.2 Å². The summed E-state index contributed by atoms with van der Waals surface area (Å²) in [5.74, 6) is 0.0916. The van der Waals surface area contributed by atoms with Crippen molar-refractivity contribution in [2.45, 2.75) is 31.2 Å². The molecule has 3 saturated heterocycles. The van der Waals surface area contributed by atoms with Gasteiger partial charge in [0.1, 0.15) is 5.54 Å². The fraction of sp³-hybridized carbons (Fsp3) is 0.542. The number of hydrogen-bond donors (Lipinski definition) is 2. The highest BCUT2D eigenvalue weighted by Crippen LogP contribution is 2.25. The summed E-state index contributed by atoms with van der Waals surface area (Å²) in [6.45, 7) is 5.37. The van der Waals surface area contributed by atoms with Crippen LogP contribution in [0.3, 0.4) is 0 Å². The number of carbonyl (C=O) groups is 3. The highest BCUT2D eigenvalue weighted by molar-refractivity contribution is 6.42. The van der Waals surface area contributed by atoms with E-state index in [9.17, 15) is 14.4 Å². The second-order valence-corrected chi connectivity index (χ2v) is 9.91. The number of amides is 3. The molecule has 3 amide bonds. The first kappa shape index (κ1) is 25.0. The van der Waals surface area contributed by atoms with Crippen LogP contribution in [0.1, 0.15) is 31.2 Å². The Morgan fingerprint density at radius 1 is 1.03 bits per heavy atom. The molecule has 0 aromatic heterocycles. The summed E-state index contributed by atoms with van der Waals surface area (Å²) in [5, 5.41) is 7.09. The zero-order chi connectivity index (χ0) is 24.1. The topological polar surface area (TPSA) is 85.0 Å². The summed E-state index contributed by atoms with van der Waals surface area (Å²) >= 11 is 12.0. The van der Waals surface area contributed by atoms with Crippen molar-refractivity contribution in [2.24, 2.45) is 0 Å². The molecule has 0 unspecified atom stereocenters. The summed E-state index contributed by atoms with van der Waals surface area (Å²) in [7, 11) is 0. The van der Waals surface area contributed by atoms with Gasteiger partial charge in [-0.3, -0.25) is 19.7 Å². The summed E-state index contributed by atoms with van der Waals surface area (Å²) < 4.78 is 0. The van der Waals surface area contributed by atoms with Gasteiger partial charge in [0.15, 0.2) is 0 Å². The maximum Gasteiger partial charge on any atom is 0.246 e. The molecular weight excluding hydrogens is 477 g/mol. The van der Waals surface area contributed by atoms with E-state index in [0.717, 1.165) is 44.5 Å². The molecule has 0 saturated carbocycles. The molecule has 3 aliphatic rings. The number of hydrogen-bond acceptors (Lipinski definition) is 5. The maximum absolute atomic E-state index is 12.6. The molecule has 3 aliphatic heterocycles. The van der Waals surface area contributed by atoms with E-state index in [1.54, 1.807) is 29.2 Å². The van der Waals surface area contributed by atoms with Gasteiger partial charge in [-0.15, -0.1) is 0 Å². The largest absolute Gasteiger partial charge is 0.342 e. The molecule has 0 atom stereocenters. The van der Waals surface area contributed by atoms with Crippen LogP contribution < -0.4 is 10.6 Å². The smallest absolute Gasteiger partial charge is 0.246 e. The third kappa shape index (κ3) is 5.92. The van der Waals surface area contributed by atoms with Crippen molar-refractivity contribution in [3.8, 4) is 0 Å². The molecule has 4 rings (SSSR count). The minimum absolute atomic E-state index is 0.0909. The third-order valence-electron chi connectivity index (χ3n) is 6.98. The van der Waals surface area contributed by atoms with Crippen LogP contribution in [-0.4, -0.2) is 90.4 Å². The van der Waals surface area contributed by atoms with Crippen LogP contribution in [0.4, 0.5) is 0 Å². The lowest BCUT2D eigenvalue weighted by Crippen LogP contribution is -2.54. The molecule has 0 radical (unpaired) electrons. The van der Waals surface area contributed by atoms with Gasteiger partial charge in [0.2, 0.25) is 17.7 Å². The van der Waals surface area contributed by atoms with Gasteiger partial charge in [0.25, 0.3) is 0 Å². The van der Waals surface area contributed by atoms with E-state index in [2.05, 4.69) is 15.5 Å². The lowest BCUT2D eigenvalue weighted by Gasteiger charge is -2.37. The van der Waals surface area contributed by atoms with E-state index < -0.39 is 0 Å². The zero-order valence-electron chi connectivity index (χ0n) is 19.2. The Balaban J connectivity index is 1.20. The van der Waals surface area contributed by atoms with Crippen molar-refractivity contribution in [2.75, 3.05) is 52.5 Å². The molecule has 2 N–H and O–H groups in total. The Morgan fingerprint density at radius 3 is 2.53 bits per heavy atom. The van der Waals surface area contributed by atoms with Crippen molar-refractivity contribution >= 4 is 47.0 Å². The Morgan fingerprint density at radius 2 is 1.82 bits per heavy atom. The number of carbonyl (C=O) groups excluding carboxylic acids is 3. The fourth-order valence-electron chi connectivity index (χ4n) is 4.80. The van der Waals surface area contributed by atoms with Gasteiger partial charge in [0, 0.05) is 51.8 Å². The lowest BCUT2D eigenvalue weighted by molar-refractivity contribution is -0.130. The Labute approximate surface area is 210 Å². The van der Waals surface area contributed by atoms with Gasteiger partial charge in [-0.2, -0.15) is 0 Å². The molecule has 1 spiro atoms. The molecule has 0 bridgehead atoms. The number of piperidine rings is 1. The predicted molar refractivity (Wildman–Crippen MR) is 132 cm³/mol. The molecular formula is C24H31Cl2N5O3. The molecule has 184 valence electrons. The number of nitrogens with one attached hydrogen (secondary N) is 2. The van der Waals surface area contributed by atoms with Crippen LogP contribution in [-0.2, 0) is 14.4 Å². The highest BCUT2D eigenvalue weighted by atomic mass is 35.5. The first-order valence-corrected chi connectivity index (χ1v) is 12.6. The Hall–Kier alpha value is -2.13.